The van der Waals surface area contributed by atoms with Crippen LogP contribution in [0.2, 0.25) is 5.02 Å². The molecule has 0 unspecified atom stereocenters. The number of aromatic nitrogens is 2. The largest absolute Gasteiger partial charge is 0.324 e. The van der Waals surface area contributed by atoms with Gasteiger partial charge < -0.3 is 10.2 Å². The third-order valence-electron chi connectivity index (χ3n) is 5.66. The van der Waals surface area contributed by atoms with Gasteiger partial charge in [-0.2, -0.15) is 0 Å². The Balaban J connectivity index is 1.69. The summed E-state index contributed by atoms with van der Waals surface area (Å²) in [4.78, 5) is 47.9. The Morgan fingerprint density at radius 1 is 1.11 bits per heavy atom. The molecule has 0 fully saturated rings. The first kappa shape index (κ1) is 24.8. The molecule has 0 bridgehead atoms. The molecule has 0 saturated heterocycles. The Kier molecular flexibility index (Phi) is 7.16. The highest BCUT2D eigenvalue weighted by Crippen LogP contribution is 2.27. The van der Waals surface area contributed by atoms with Crippen molar-refractivity contribution in [3.05, 3.63) is 91.3 Å². The Hall–Kier alpha value is -3.33. The number of nitrogens with one attached hydrogen (secondary N) is 1. The number of fused-ring (bicyclic) bond motifs is 1. The molecule has 180 valence electrons. The fourth-order valence-electron chi connectivity index (χ4n) is 3.83. The van der Waals surface area contributed by atoms with Crippen LogP contribution in [0.15, 0.2) is 53.3 Å². The van der Waals surface area contributed by atoms with Crippen molar-refractivity contribution < 1.29 is 9.59 Å². The van der Waals surface area contributed by atoms with Crippen LogP contribution in [-0.4, -0.2) is 40.2 Å². The molecule has 1 N–H and O–H groups in total. The van der Waals surface area contributed by atoms with E-state index in [1.165, 1.54) is 22.0 Å². The van der Waals surface area contributed by atoms with Crippen LogP contribution in [0.1, 0.15) is 32.2 Å². The van der Waals surface area contributed by atoms with E-state index in [-0.39, 0.29) is 23.5 Å². The molecule has 0 aliphatic carbocycles. The van der Waals surface area contributed by atoms with E-state index in [0.717, 1.165) is 10.4 Å². The van der Waals surface area contributed by atoms with Gasteiger partial charge in [0.15, 0.2) is 5.78 Å². The van der Waals surface area contributed by atoms with Gasteiger partial charge in [0, 0.05) is 21.0 Å². The molecule has 0 aliphatic heterocycles. The molecule has 4 aromatic rings. The van der Waals surface area contributed by atoms with Gasteiger partial charge in [-0.05, 0) is 51.7 Å². The first-order valence-corrected chi connectivity index (χ1v) is 12.2. The molecule has 0 spiro atoms. The van der Waals surface area contributed by atoms with Crippen LogP contribution in [0, 0.1) is 13.8 Å². The van der Waals surface area contributed by atoms with Crippen LogP contribution in [0.3, 0.4) is 0 Å². The van der Waals surface area contributed by atoms with Crippen LogP contribution >= 0.6 is 22.9 Å². The quantitative estimate of drug-likeness (QED) is 0.367. The van der Waals surface area contributed by atoms with Crippen molar-refractivity contribution in [2.24, 2.45) is 0 Å². The minimum atomic E-state index is -0.442. The molecule has 7 nitrogen and oxygen atoms in total. The predicted molar refractivity (Wildman–Crippen MR) is 141 cm³/mol. The second-order valence-electron chi connectivity index (χ2n) is 8.55. The van der Waals surface area contributed by atoms with Gasteiger partial charge in [0.1, 0.15) is 17.2 Å². The molecule has 35 heavy (non-hydrogen) atoms. The monoisotopic (exact) mass is 508 g/mol. The van der Waals surface area contributed by atoms with Gasteiger partial charge >= 0.3 is 0 Å². The van der Waals surface area contributed by atoms with Gasteiger partial charge in [0.25, 0.3) is 5.56 Å². The fourth-order valence-corrected chi connectivity index (χ4v) is 5.04. The van der Waals surface area contributed by atoms with Crippen molar-refractivity contribution in [1.82, 2.24) is 14.5 Å². The number of anilines is 1. The summed E-state index contributed by atoms with van der Waals surface area (Å²) in [7, 11) is 3.75. The smallest absolute Gasteiger partial charge is 0.263 e. The maximum absolute atomic E-state index is 13.4. The summed E-state index contributed by atoms with van der Waals surface area (Å²) in [6, 6.07) is 13.5. The molecule has 1 amide bonds. The molecule has 2 aromatic heterocycles. The molecule has 2 aromatic carbocycles. The number of carbonyl (C=O) groups is 2. The number of halogens is 1. The molecular weight excluding hydrogens is 484 g/mol. The second-order valence-corrected chi connectivity index (χ2v) is 10.2. The number of hydrogen-bond acceptors (Lipinski definition) is 6. The van der Waals surface area contributed by atoms with Crippen molar-refractivity contribution in [2.75, 3.05) is 19.4 Å². The Morgan fingerprint density at radius 2 is 1.83 bits per heavy atom. The van der Waals surface area contributed by atoms with Crippen LogP contribution in [0.4, 0.5) is 5.69 Å². The summed E-state index contributed by atoms with van der Waals surface area (Å²) in [6.07, 6.45) is 0. The molecular formula is C26H25ClN4O3S. The second kappa shape index (κ2) is 10.1. The van der Waals surface area contributed by atoms with Gasteiger partial charge in [-0.15, -0.1) is 11.3 Å². The zero-order chi connectivity index (χ0) is 25.3. The average molecular weight is 509 g/mol. The Morgan fingerprint density at radius 3 is 2.51 bits per heavy atom. The summed E-state index contributed by atoms with van der Waals surface area (Å²) in [5.74, 6) is -0.204. The van der Waals surface area contributed by atoms with E-state index >= 15 is 0 Å². The van der Waals surface area contributed by atoms with E-state index in [9.17, 15) is 14.4 Å². The van der Waals surface area contributed by atoms with Gasteiger partial charge in [-0.3, -0.25) is 19.0 Å². The number of benzene rings is 2. The van der Waals surface area contributed by atoms with Crippen LogP contribution in [0.5, 0.6) is 0 Å². The van der Waals surface area contributed by atoms with Crippen LogP contribution in [0.25, 0.3) is 10.2 Å². The minimum absolute atomic E-state index is 0.235. The van der Waals surface area contributed by atoms with E-state index in [4.69, 9.17) is 16.6 Å². The van der Waals surface area contributed by atoms with Crippen LogP contribution in [-0.2, 0) is 17.9 Å². The van der Waals surface area contributed by atoms with E-state index in [1.807, 2.05) is 38.9 Å². The summed E-state index contributed by atoms with van der Waals surface area (Å²) in [6.45, 7) is 4.01. The summed E-state index contributed by atoms with van der Waals surface area (Å²) >= 11 is 7.63. The normalized spacial score (nSPS) is 11.3. The first-order valence-electron chi connectivity index (χ1n) is 11.0. The summed E-state index contributed by atoms with van der Waals surface area (Å²) < 4.78 is 1.41. The Labute approximate surface area is 212 Å². The van der Waals surface area contributed by atoms with E-state index < -0.39 is 5.91 Å². The number of ketones is 1. The highest BCUT2D eigenvalue weighted by molar-refractivity contribution is 7.18. The molecule has 0 radical (unpaired) electrons. The summed E-state index contributed by atoms with van der Waals surface area (Å²) in [5.41, 5.74) is 1.71. The summed E-state index contributed by atoms with van der Waals surface area (Å²) in [5, 5.41) is 3.71. The zero-order valence-corrected chi connectivity index (χ0v) is 21.5. The van der Waals surface area contributed by atoms with E-state index in [2.05, 4.69) is 5.32 Å². The lowest BCUT2D eigenvalue weighted by Crippen LogP contribution is -2.33. The van der Waals surface area contributed by atoms with Crippen molar-refractivity contribution in [2.45, 2.75) is 26.9 Å². The number of rotatable bonds is 7. The number of carbonyl (C=O) groups excluding carboxylic acids is 2. The molecule has 4 rings (SSSR count). The van der Waals surface area contributed by atoms with Crippen molar-refractivity contribution in [3.63, 3.8) is 0 Å². The lowest BCUT2D eigenvalue weighted by atomic mass is 10.0. The molecule has 9 heteroatoms. The van der Waals surface area contributed by atoms with Gasteiger partial charge in [-0.1, -0.05) is 41.9 Å². The van der Waals surface area contributed by atoms with E-state index in [0.29, 0.717) is 38.9 Å². The first-order chi connectivity index (χ1) is 16.7. The highest BCUT2D eigenvalue weighted by Gasteiger charge is 2.20. The van der Waals surface area contributed by atoms with Crippen LogP contribution < -0.4 is 10.9 Å². The molecule has 0 saturated carbocycles. The third-order valence-corrected chi connectivity index (χ3v) is 7.00. The predicted octanol–water partition coefficient (Wildman–Crippen LogP) is 4.66. The number of amides is 1. The SMILES string of the molecule is Cc1sc2nc(CN(C)C)n(CC(=O)Nc3ccc(Cl)cc3C(=O)c3ccccc3)c(=O)c2c1C. The number of hydrogen-bond donors (Lipinski definition) is 1. The maximum Gasteiger partial charge on any atom is 0.263 e. The van der Waals surface area contributed by atoms with Crippen molar-refractivity contribution >= 4 is 50.5 Å². The lowest BCUT2D eigenvalue weighted by Gasteiger charge is -2.16. The lowest BCUT2D eigenvalue weighted by molar-refractivity contribution is -0.116. The maximum atomic E-state index is 13.4. The topological polar surface area (TPSA) is 84.3 Å². The van der Waals surface area contributed by atoms with Crippen molar-refractivity contribution in [3.8, 4) is 0 Å². The number of thiophene rings is 1. The standard InChI is InChI=1S/C26H25ClN4O3S/c1-15-16(2)35-25-23(15)26(34)31(21(29-25)13-30(3)4)14-22(32)28-20-11-10-18(27)12-19(20)24(33)17-8-6-5-7-9-17/h5-12H,13-14H2,1-4H3,(H,28,32). The van der Waals surface area contributed by atoms with Gasteiger partial charge in [0.2, 0.25) is 5.91 Å². The number of nitrogens with zero attached hydrogens (tertiary/aromatic N) is 3. The molecule has 2 heterocycles. The highest BCUT2D eigenvalue weighted by atomic mass is 35.5. The van der Waals surface area contributed by atoms with E-state index in [1.54, 1.807) is 36.4 Å². The third kappa shape index (κ3) is 5.19. The van der Waals surface area contributed by atoms with Crippen molar-refractivity contribution in [1.29, 1.82) is 0 Å². The fraction of sp³-hybridized carbons (Fsp3) is 0.231. The van der Waals surface area contributed by atoms with Gasteiger partial charge in [-0.25, -0.2) is 4.98 Å². The minimum Gasteiger partial charge on any atom is -0.324 e. The van der Waals surface area contributed by atoms with Gasteiger partial charge in [0.05, 0.1) is 17.6 Å². The average Bonchev–Trinajstić information content (AvgIpc) is 3.10. The zero-order valence-electron chi connectivity index (χ0n) is 19.9. The molecule has 0 atom stereocenters. The Bertz CT molecular complexity index is 1490. The number of aryl methyl sites for hydroxylation is 2. The molecule has 0 aliphatic rings.